The predicted molar refractivity (Wildman–Crippen MR) is 116 cm³/mol. The van der Waals surface area contributed by atoms with Crippen LogP contribution in [0.3, 0.4) is 0 Å². The lowest BCUT2D eigenvalue weighted by molar-refractivity contribution is 0.208. The van der Waals surface area contributed by atoms with Crippen LogP contribution in [0.5, 0.6) is 0 Å². The topological polar surface area (TPSA) is 67.8 Å². The first-order valence-corrected chi connectivity index (χ1v) is 10.3. The number of anilines is 3. The number of urea groups is 1. The maximum Gasteiger partial charge on any atom is 0.321 e. The van der Waals surface area contributed by atoms with Crippen molar-refractivity contribution in [2.24, 2.45) is 0 Å². The molecule has 2 saturated heterocycles. The zero-order chi connectivity index (χ0) is 20.2. The van der Waals surface area contributed by atoms with Crippen LogP contribution in [0.1, 0.15) is 0 Å². The van der Waals surface area contributed by atoms with Gasteiger partial charge in [0.1, 0.15) is 18.0 Å². The van der Waals surface area contributed by atoms with Crippen molar-refractivity contribution in [2.45, 2.75) is 0 Å². The molecule has 0 bridgehead atoms. The Hall–Kier alpha value is -2.58. The van der Waals surface area contributed by atoms with E-state index in [-0.39, 0.29) is 6.03 Å². The number of benzene rings is 1. The van der Waals surface area contributed by atoms with E-state index in [1.165, 1.54) is 0 Å². The summed E-state index contributed by atoms with van der Waals surface area (Å²) in [6.07, 6.45) is 1.64. The van der Waals surface area contributed by atoms with Crippen LogP contribution in [-0.4, -0.2) is 85.2 Å². The Balaban J connectivity index is 1.33. The molecule has 2 aliphatic rings. The van der Waals surface area contributed by atoms with E-state index in [1.807, 2.05) is 4.90 Å². The fraction of sp³-hybridized carbons (Fsp3) is 0.450. The third kappa shape index (κ3) is 4.89. The van der Waals surface area contributed by atoms with Crippen LogP contribution in [-0.2, 0) is 0 Å². The quantitative estimate of drug-likeness (QED) is 0.829. The number of nitrogens with one attached hydrogen (secondary N) is 1. The standard InChI is InChI=1S/C20H26ClN7O/c1-25-6-8-26(9-7-25)18-14-19(23-15-22-18)27-10-12-28(13-11-27)20(29)24-17-4-2-16(21)3-5-17/h2-5,14-15H,6-13H2,1H3,(H,24,29). The van der Waals surface area contributed by atoms with Gasteiger partial charge in [-0.2, -0.15) is 0 Å². The van der Waals surface area contributed by atoms with Gasteiger partial charge in [0.05, 0.1) is 0 Å². The van der Waals surface area contributed by atoms with E-state index >= 15 is 0 Å². The van der Waals surface area contributed by atoms with Gasteiger partial charge in [-0.05, 0) is 31.3 Å². The van der Waals surface area contributed by atoms with Crippen molar-refractivity contribution in [3.63, 3.8) is 0 Å². The van der Waals surface area contributed by atoms with Crippen molar-refractivity contribution in [1.29, 1.82) is 0 Å². The van der Waals surface area contributed by atoms with Gasteiger partial charge in [0.15, 0.2) is 0 Å². The maximum atomic E-state index is 12.5. The minimum atomic E-state index is -0.0900. The number of aromatic nitrogens is 2. The molecule has 2 aromatic rings. The van der Waals surface area contributed by atoms with Gasteiger partial charge >= 0.3 is 6.03 Å². The first-order chi connectivity index (χ1) is 14.1. The molecule has 2 aliphatic heterocycles. The molecule has 0 unspecified atom stereocenters. The van der Waals surface area contributed by atoms with Gasteiger partial charge in [-0.25, -0.2) is 14.8 Å². The smallest absolute Gasteiger partial charge is 0.321 e. The van der Waals surface area contributed by atoms with E-state index in [0.717, 1.165) is 56.6 Å². The Labute approximate surface area is 176 Å². The van der Waals surface area contributed by atoms with Crippen LogP contribution in [0.15, 0.2) is 36.7 Å². The number of nitrogens with zero attached hydrogens (tertiary/aromatic N) is 6. The summed E-state index contributed by atoms with van der Waals surface area (Å²) in [5.41, 5.74) is 0.745. The van der Waals surface area contributed by atoms with Gasteiger partial charge in [0.2, 0.25) is 0 Å². The summed E-state index contributed by atoms with van der Waals surface area (Å²) in [4.78, 5) is 30.1. The van der Waals surface area contributed by atoms with Gasteiger partial charge in [0, 0.05) is 69.1 Å². The van der Waals surface area contributed by atoms with Crippen LogP contribution in [0.4, 0.5) is 22.1 Å². The van der Waals surface area contributed by atoms with E-state index in [1.54, 1.807) is 30.6 Å². The lowest BCUT2D eigenvalue weighted by atomic mass is 10.3. The van der Waals surface area contributed by atoms with Crippen LogP contribution in [0.25, 0.3) is 0 Å². The second-order valence-corrected chi connectivity index (χ2v) is 7.87. The second-order valence-electron chi connectivity index (χ2n) is 7.44. The monoisotopic (exact) mass is 415 g/mol. The van der Waals surface area contributed by atoms with Crippen LogP contribution >= 0.6 is 11.6 Å². The average Bonchev–Trinajstić information content (AvgIpc) is 2.76. The molecule has 1 N–H and O–H groups in total. The molecule has 29 heavy (non-hydrogen) atoms. The highest BCUT2D eigenvalue weighted by atomic mass is 35.5. The minimum absolute atomic E-state index is 0.0900. The third-order valence-corrected chi connectivity index (χ3v) is 5.70. The molecule has 8 nitrogen and oxygen atoms in total. The van der Waals surface area contributed by atoms with Crippen molar-refractivity contribution >= 4 is 35.0 Å². The zero-order valence-electron chi connectivity index (χ0n) is 16.6. The first-order valence-electron chi connectivity index (χ1n) is 9.90. The van der Waals surface area contributed by atoms with E-state index in [4.69, 9.17) is 11.6 Å². The fourth-order valence-corrected chi connectivity index (χ4v) is 3.72. The number of rotatable bonds is 3. The summed E-state index contributed by atoms with van der Waals surface area (Å²) in [7, 11) is 2.14. The number of halogens is 1. The van der Waals surface area contributed by atoms with Crippen molar-refractivity contribution < 1.29 is 4.79 Å². The molecular weight excluding hydrogens is 390 g/mol. The molecule has 3 heterocycles. The van der Waals surface area contributed by atoms with Crippen LogP contribution < -0.4 is 15.1 Å². The van der Waals surface area contributed by atoms with Gasteiger partial charge in [-0.3, -0.25) is 0 Å². The van der Waals surface area contributed by atoms with Crippen molar-refractivity contribution in [3.8, 4) is 0 Å². The molecule has 9 heteroatoms. The number of likely N-dealkylation sites (N-methyl/N-ethyl adjacent to an activating group) is 1. The summed E-state index contributed by atoms with van der Waals surface area (Å²) >= 11 is 5.89. The van der Waals surface area contributed by atoms with Crippen molar-refractivity contribution in [1.82, 2.24) is 19.8 Å². The molecule has 2 fully saturated rings. The van der Waals surface area contributed by atoms with Gasteiger partial charge < -0.3 is 24.9 Å². The first kappa shape index (κ1) is 19.7. The number of hydrogen-bond acceptors (Lipinski definition) is 6. The number of carbonyl (C=O) groups is 1. The summed E-state index contributed by atoms with van der Waals surface area (Å²) < 4.78 is 0. The van der Waals surface area contributed by atoms with Crippen molar-refractivity contribution in [2.75, 3.05) is 74.5 Å². The highest BCUT2D eigenvalue weighted by Crippen LogP contribution is 2.20. The molecule has 0 radical (unpaired) electrons. The normalized spacial score (nSPS) is 18.1. The molecule has 0 spiro atoms. The molecule has 2 amide bonds. The summed E-state index contributed by atoms with van der Waals surface area (Å²) in [6, 6.07) is 9.11. The highest BCUT2D eigenvalue weighted by molar-refractivity contribution is 6.30. The number of hydrogen-bond donors (Lipinski definition) is 1. The van der Waals surface area contributed by atoms with E-state index in [2.05, 4.69) is 43.1 Å². The Morgan fingerprint density at radius 1 is 0.897 bits per heavy atom. The molecule has 154 valence electrons. The number of carbonyl (C=O) groups excluding carboxylic acids is 1. The fourth-order valence-electron chi connectivity index (χ4n) is 3.59. The van der Waals surface area contributed by atoms with Gasteiger partial charge in [-0.15, -0.1) is 0 Å². The summed E-state index contributed by atoms with van der Waals surface area (Å²) in [5.74, 6) is 1.90. The van der Waals surface area contributed by atoms with Crippen molar-refractivity contribution in [3.05, 3.63) is 41.7 Å². The molecule has 0 aliphatic carbocycles. The van der Waals surface area contributed by atoms with Gasteiger partial charge in [-0.1, -0.05) is 11.6 Å². The van der Waals surface area contributed by atoms with Gasteiger partial charge in [0.25, 0.3) is 0 Å². The van der Waals surface area contributed by atoms with E-state index in [9.17, 15) is 4.79 Å². The SMILES string of the molecule is CN1CCN(c2cc(N3CCN(C(=O)Nc4ccc(Cl)cc4)CC3)ncn2)CC1. The zero-order valence-corrected chi connectivity index (χ0v) is 17.3. The number of amides is 2. The van der Waals surface area contributed by atoms with E-state index in [0.29, 0.717) is 18.1 Å². The largest absolute Gasteiger partial charge is 0.354 e. The molecule has 1 aromatic heterocycles. The lowest BCUT2D eigenvalue weighted by Crippen LogP contribution is -2.50. The molecule has 4 rings (SSSR count). The lowest BCUT2D eigenvalue weighted by Gasteiger charge is -2.36. The third-order valence-electron chi connectivity index (χ3n) is 5.45. The molecule has 0 saturated carbocycles. The van der Waals surface area contributed by atoms with E-state index < -0.39 is 0 Å². The predicted octanol–water partition coefficient (Wildman–Crippen LogP) is 2.24. The van der Waals surface area contributed by atoms with Crippen LogP contribution in [0.2, 0.25) is 5.02 Å². The Morgan fingerprint density at radius 3 is 2.03 bits per heavy atom. The molecular formula is C20H26ClN7O. The number of piperazine rings is 2. The van der Waals surface area contributed by atoms with Crippen LogP contribution in [0, 0.1) is 0 Å². The Kier molecular flexibility index (Phi) is 6.01. The highest BCUT2D eigenvalue weighted by Gasteiger charge is 2.23. The maximum absolute atomic E-state index is 12.5. The molecule has 0 atom stereocenters. The second kappa shape index (κ2) is 8.84. The summed E-state index contributed by atoms with van der Waals surface area (Å²) in [5, 5.41) is 3.57. The Morgan fingerprint density at radius 2 is 1.45 bits per heavy atom. The minimum Gasteiger partial charge on any atom is -0.354 e. The average molecular weight is 416 g/mol. The molecule has 1 aromatic carbocycles. The Bertz CT molecular complexity index is 831. The summed E-state index contributed by atoms with van der Waals surface area (Å²) in [6.45, 7) is 6.82.